The first-order valence-corrected chi connectivity index (χ1v) is 8.15. The lowest BCUT2D eigenvalue weighted by molar-refractivity contribution is -0.137. The molecule has 0 N–H and O–H groups in total. The van der Waals surface area contributed by atoms with Crippen LogP contribution in [0.4, 0.5) is 10.2 Å². The summed E-state index contributed by atoms with van der Waals surface area (Å²) in [4.78, 5) is 25.2. The maximum atomic E-state index is 13.6. The molecule has 1 saturated heterocycles. The summed E-state index contributed by atoms with van der Waals surface area (Å²) in [6.07, 6.45) is 3.42. The van der Waals surface area contributed by atoms with Crippen molar-refractivity contribution in [3.05, 3.63) is 40.2 Å². The van der Waals surface area contributed by atoms with Crippen molar-refractivity contribution in [1.82, 2.24) is 14.9 Å². The first-order chi connectivity index (χ1) is 10.7. The summed E-state index contributed by atoms with van der Waals surface area (Å²) in [7, 11) is 0. The molecular formula is C15H15FN4OS. The zero-order valence-corrected chi connectivity index (χ0v) is 12.7. The number of hydrogen-bond donors (Lipinski definition) is 0. The molecule has 4 heterocycles. The van der Waals surface area contributed by atoms with Gasteiger partial charge in [0.25, 0.3) is 0 Å². The molecule has 22 heavy (non-hydrogen) atoms. The Morgan fingerprint density at radius 3 is 3.09 bits per heavy atom. The van der Waals surface area contributed by atoms with Crippen LogP contribution in [0.1, 0.15) is 10.4 Å². The fourth-order valence-corrected chi connectivity index (χ4v) is 3.93. The minimum atomic E-state index is -0.436. The molecule has 1 fully saturated rings. The second kappa shape index (κ2) is 5.31. The maximum absolute atomic E-state index is 13.6. The lowest BCUT2D eigenvalue weighted by Gasteiger charge is -2.42. The molecule has 2 aliphatic rings. The number of hydrogen-bond acceptors (Lipinski definition) is 5. The van der Waals surface area contributed by atoms with Gasteiger partial charge in [0, 0.05) is 31.1 Å². The number of anilines is 1. The molecule has 0 spiro atoms. The van der Waals surface area contributed by atoms with Crippen LogP contribution >= 0.6 is 11.3 Å². The van der Waals surface area contributed by atoms with Crippen LogP contribution in [-0.2, 0) is 17.8 Å². The number of carbonyl (C=O) groups excluding carboxylic acids is 1. The summed E-state index contributed by atoms with van der Waals surface area (Å²) < 4.78 is 13.6. The molecule has 0 atom stereocenters. The third-order valence-corrected chi connectivity index (χ3v) is 5.32. The average Bonchev–Trinajstić information content (AvgIpc) is 2.95. The first-order valence-electron chi connectivity index (χ1n) is 7.27. The van der Waals surface area contributed by atoms with E-state index in [1.807, 2.05) is 4.90 Å². The van der Waals surface area contributed by atoms with E-state index in [-0.39, 0.29) is 17.6 Å². The minimum absolute atomic E-state index is 0.0606. The van der Waals surface area contributed by atoms with E-state index in [4.69, 9.17) is 0 Å². The van der Waals surface area contributed by atoms with Crippen molar-refractivity contribution in [2.45, 2.75) is 13.0 Å². The summed E-state index contributed by atoms with van der Waals surface area (Å²) in [6.45, 7) is 2.54. The van der Waals surface area contributed by atoms with Crippen LogP contribution in [0.25, 0.3) is 0 Å². The highest BCUT2D eigenvalue weighted by Crippen LogP contribution is 2.29. The zero-order valence-electron chi connectivity index (χ0n) is 11.9. The van der Waals surface area contributed by atoms with E-state index in [1.54, 1.807) is 16.2 Å². The highest BCUT2D eigenvalue weighted by atomic mass is 32.1. The van der Waals surface area contributed by atoms with Gasteiger partial charge in [0.15, 0.2) is 11.6 Å². The largest absolute Gasteiger partial charge is 0.352 e. The molecular weight excluding hydrogens is 303 g/mol. The predicted molar refractivity (Wildman–Crippen MR) is 81.1 cm³/mol. The molecule has 2 aromatic rings. The molecule has 0 bridgehead atoms. The molecule has 2 aliphatic heterocycles. The molecule has 0 saturated carbocycles. The van der Waals surface area contributed by atoms with E-state index in [0.29, 0.717) is 19.6 Å². The normalized spacial score (nSPS) is 18.0. The second-order valence-corrected chi connectivity index (χ2v) is 6.68. The molecule has 0 aromatic carbocycles. The van der Waals surface area contributed by atoms with Gasteiger partial charge in [-0.15, -0.1) is 11.3 Å². The quantitative estimate of drug-likeness (QED) is 0.846. The molecule has 2 aromatic heterocycles. The molecule has 0 aliphatic carbocycles. The summed E-state index contributed by atoms with van der Waals surface area (Å²) in [5.74, 6) is -0.0378. The van der Waals surface area contributed by atoms with Crippen LogP contribution in [0.3, 0.4) is 0 Å². The number of thiophene rings is 1. The first kappa shape index (κ1) is 13.6. The summed E-state index contributed by atoms with van der Waals surface area (Å²) in [6, 6.07) is 2.10. The number of aromatic nitrogens is 2. The van der Waals surface area contributed by atoms with E-state index >= 15 is 0 Å². The molecule has 114 valence electrons. The molecule has 4 rings (SSSR count). The van der Waals surface area contributed by atoms with E-state index in [0.717, 1.165) is 19.2 Å². The van der Waals surface area contributed by atoms with Gasteiger partial charge in [0.1, 0.15) is 6.33 Å². The van der Waals surface area contributed by atoms with Crippen molar-refractivity contribution in [3.63, 3.8) is 0 Å². The topological polar surface area (TPSA) is 49.3 Å². The lowest BCUT2D eigenvalue weighted by atomic mass is 9.97. The van der Waals surface area contributed by atoms with E-state index in [1.165, 1.54) is 16.8 Å². The third kappa shape index (κ3) is 2.25. The molecule has 1 amide bonds. The zero-order chi connectivity index (χ0) is 15.1. The fraction of sp³-hybridized carbons (Fsp3) is 0.400. The standard InChI is InChI=1S/C15H15FN4OS/c16-12-5-17-9-18-14(12)20-7-11(8-20)15(21)19-3-1-13-10(6-19)2-4-22-13/h2,4-5,9,11H,1,3,6-8H2. The molecule has 0 unspecified atom stereocenters. The van der Waals surface area contributed by atoms with Gasteiger partial charge in [-0.1, -0.05) is 0 Å². The molecule has 5 nitrogen and oxygen atoms in total. The van der Waals surface area contributed by atoms with Crippen molar-refractivity contribution in [1.29, 1.82) is 0 Å². The van der Waals surface area contributed by atoms with Gasteiger partial charge in [-0.2, -0.15) is 0 Å². The Hall–Kier alpha value is -2.02. The number of nitrogens with zero attached hydrogens (tertiary/aromatic N) is 4. The summed E-state index contributed by atoms with van der Waals surface area (Å²) in [5.41, 5.74) is 1.27. The van der Waals surface area contributed by atoms with E-state index in [2.05, 4.69) is 21.4 Å². The van der Waals surface area contributed by atoms with Gasteiger partial charge >= 0.3 is 0 Å². The minimum Gasteiger partial charge on any atom is -0.352 e. The molecule has 0 radical (unpaired) electrons. The van der Waals surface area contributed by atoms with Crippen molar-refractivity contribution >= 4 is 23.1 Å². The maximum Gasteiger partial charge on any atom is 0.229 e. The number of halogens is 1. The number of amides is 1. The Morgan fingerprint density at radius 2 is 2.27 bits per heavy atom. The lowest BCUT2D eigenvalue weighted by Crippen LogP contribution is -2.55. The van der Waals surface area contributed by atoms with E-state index < -0.39 is 5.82 Å². The van der Waals surface area contributed by atoms with Crippen LogP contribution in [-0.4, -0.2) is 40.4 Å². The summed E-state index contributed by atoms with van der Waals surface area (Å²) in [5, 5.41) is 2.08. The van der Waals surface area contributed by atoms with Crippen molar-refractivity contribution in [3.8, 4) is 0 Å². The van der Waals surface area contributed by atoms with E-state index in [9.17, 15) is 9.18 Å². The average molecular weight is 318 g/mol. The van der Waals surface area contributed by atoms with Crippen molar-refractivity contribution in [2.24, 2.45) is 5.92 Å². The predicted octanol–water partition coefficient (Wildman–Crippen LogP) is 1.70. The van der Waals surface area contributed by atoms with Gasteiger partial charge in [-0.05, 0) is 23.4 Å². The smallest absolute Gasteiger partial charge is 0.229 e. The monoisotopic (exact) mass is 318 g/mol. The Morgan fingerprint density at radius 1 is 1.41 bits per heavy atom. The van der Waals surface area contributed by atoms with Gasteiger partial charge < -0.3 is 9.80 Å². The van der Waals surface area contributed by atoms with Gasteiger partial charge in [0.05, 0.1) is 12.1 Å². The Kier molecular flexibility index (Phi) is 3.29. The third-order valence-electron chi connectivity index (χ3n) is 4.30. The van der Waals surface area contributed by atoms with Crippen molar-refractivity contribution < 1.29 is 9.18 Å². The number of rotatable bonds is 2. The fourth-order valence-electron chi connectivity index (χ4n) is 3.04. The van der Waals surface area contributed by atoms with Crippen LogP contribution < -0.4 is 4.90 Å². The SMILES string of the molecule is O=C(C1CN(c2ncncc2F)C1)N1CCc2sccc2C1. The van der Waals surface area contributed by atoms with Crippen LogP contribution in [0.5, 0.6) is 0 Å². The molecule has 7 heteroatoms. The Bertz CT molecular complexity index is 713. The van der Waals surface area contributed by atoms with Gasteiger partial charge in [-0.3, -0.25) is 4.79 Å². The van der Waals surface area contributed by atoms with Crippen molar-refractivity contribution in [2.75, 3.05) is 24.5 Å². The summed E-state index contributed by atoms with van der Waals surface area (Å²) >= 11 is 1.76. The highest BCUT2D eigenvalue weighted by Gasteiger charge is 2.37. The van der Waals surface area contributed by atoms with Crippen LogP contribution in [0, 0.1) is 11.7 Å². The van der Waals surface area contributed by atoms with Crippen LogP contribution in [0.2, 0.25) is 0 Å². The van der Waals surface area contributed by atoms with Gasteiger partial charge in [-0.25, -0.2) is 14.4 Å². The number of carbonyl (C=O) groups is 1. The second-order valence-electron chi connectivity index (χ2n) is 5.67. The Labute approximate surface area is 131 Å². The Balaban J connectivity index is 1.39. The van der Waals surface area contributed by atoms with Gasteiger partial charge in [0.2, 0.25) is 5.91 Å². The van der Waals surface area contributed by atoms with Crippen LogP contribution in [0.15, 0.2) is 24.0 Å². The number of fused-ring (bicyclic) bond motifs is 1. The highest BCUT2D eigenvalue weighted by molar-refractivity contribution is 7.10.